The number of carbonyl (C=O) groups is 1. The fraction of sp³-hybridized carbons (Fsp3) is 0.692. The summed E-state index contributed by atoms with van der Waals surface area (Å²) in [4.78, 5) is 12.3. The fourth-order valence-electron chi connectivity index (χ4n) is 2.26. The number of fused-ring (bicyclic) bond motifs is 1. The minimum atomic E-state index is -0.387. The normalized spacial score (nSPS) is 16.7. The number of H-pyrrole nitrogens is 1. The number of halogens is 1. The lowest BCUT2D eigenvalue weighted by molar-refractivity contribution is 0.0877. The van der Waals surface area contributed by atoms with Gasteiger partial charge in [0, 0.05) is 17.8 Å². The minimum Gasteiger partial charge on any atom is -0.344 e. The highest BCUT2D eigenvalue weighted by Gasteiger charge is 2.31. The van der Waals surface area contributed by atoms with E-state index in [-0.39, 0.29) is 29.8 Å². The molecule has 1 atom stereocenters. The summed E-state index contributed by atoms with van der Waals surface area (Å²) in [5, 5.41) is 10.1. The number of rotatable bonds is 4. The van der Waals surface area contributed by atoms with E-state index in [1.165, 1.54) is 0 Å². The van der Waals surface area contributed by atoms with Crippen molar-refractivity contribution in [1.82, 2.24) is 15.5 Å². The third-order valence-electron chi connectivity index (χ3n) is 4.12. The van der Waals surface area contributed by atoms with Crippen molar-refractivity contribution < 1.29 is 4.79 Å². The van der Waals surface area contributed by atoms with Gasteiger partial charge in [0.2, 0.25) is 0 Å². The molecule has 19 heavy (non-hydrogen) atoms. The summed E-state index contributed by atoms with van der Waals surface area (Å²) in [5.41, 5.74) is 8.13. The third kappa shape index (κ3) is 2.92. The Kier molecular flexibility index (Phi) is 4.98. The Balaban J connectivity index is 0.00000180. The SMILES string of the molecule is CC(C)C(C)(CN)NC(=O)c1n[nH]c2c1CCC2.Cl. The van der Waals surface area contributed by atoms with Crippen molar-refractivity contribution in [2.45, 2.75) is 45.6 Å². The van der Waals surface area contributed by atoms with Crippen molar-refractivity contribution in [3.05, 3.63) is 17.0 Å². The molecule has 108 valence electrons. The molecule has 0 bridgehead atoms. The Morgan fingerprint density at radius 2 is 2.21 bits per heavy atom. The predicted octanol–water partition coefficient (Wildman–Crippen LogP) is 1.42. The van der Waals surface area contributed by atoms with Crippen LogP contribution in [-0.2, 0) is 12.8 Å². The average molecular weight is 287 g/mol. The summed E-state index contributed by atoms with van der Waals surface area (Å²) >= 11 is 0. The van der Waals surface area contributed by atoms with Crippen LogP contribution in [0.15, 0.2) is 0 Å². The molecule has 0 fully saturated rings. The second-order valence-corrected chi connectivity index (χ2v) is 5.61. The number of nitrogens with zero attached hydrogens (tertiary/aromatic N) is 1. The first-order valence-electron chi connectivity index (χ1n) is 6.56. The number of hydrogen-bond acceptors (Lipinski definition) is 3. The predicted molar refractivity (Wildman–Crippen MR) is 77.6 cm³/mol. The molecular formula is C13H23ClN4O. The number of carbonyl (C=O) groups excluding carboxylic acids is 1. The summed E-state index contributed by atoms with van der Waals surface area (Å²) in [5.74, 6) is 0.162. The number of aromatic amines is 1. The highest BCUT2D eigenvalue weighted by Crippen LogP contribution is 2.23. The summed E-state index contributed by atoms with van der Waals surface area (Å²) in [6, 6.07) is 0. The Labute approximate surface area is 120 Å². The highest BCUT2D eigenvalue weighted by molar-refractivity contribution is 5.94. The van der Waals surface area contributed by atoms with Crippen LogP contribution < -0.4 is 11.1 Å². The monoisotopic (exact) mass is 286 g/mol. The van der Waals surface area contributed by atoms with Gasteiger partial charge in [-0.2, -0.15) is 5.10 Å². The van der Waals surface area contributed by atoms with Gasteiger partial charge in [-0.25, -0.2) is 0 Å². The van der Waals surface area contributed by atoms with Crippen LogP contribution in [0.2, 0.25) is 0 Å². The van der Waals surface area contributed by atoms with E-state index in [2.05, 4.69) is 29.4 Å². The molecule has 0 aromatic carbocycles. The van der Waals surface area contributed by atoms with Crippen LogP contribution in [0.25, 0.3) is 0 Å². The molecule has 6 heteroatoms. The van der Waals surface area contributed by atoms with Crippen molar-refractivity contribution in [3.8, 4) is 0 Å². The van der Waals surface area contributed by atoms with E-state index in [1.54, 1.807) is 0 Å². The molecule has 0 radical (unpaired) electrons. The molecule has 1 heterocycles. The smallest absolute Gasteiger partial charge is 0.272 e. The number of amides is 1. The first-order valence-corrected chi connectivity index (χ1v) is 6.56. The first-order chi connectivity index (χ1) is 8.48. The van der Waals surface area contributed by atoms with E-state index < -0.39 is 0 Å². The lowest BCUT2D eigenvalue weighted by atomic mass is 9.88. The van der Waals surface area contributed by atoms with Crippen molar-refractivity contribution in [2.75, 3.05) is 6.54 Å². The molecule has 1 unspecified atom stereocenters. The number of hydrogen-bond donors (Lipinski definition) is 3. The molecule has 1 aromatic heterocycles. The van der Waals surface area contributed by atoms with Crippen molar-refractivity contribution in [3.63, 3.8) is 0 Å². The van der Waals surface area contributed by atoms with Gasteiger partial charge in [0.05, 0.1) is 5.54 Å². The maximum absolute atomic E-state index is 12.3. The van der Waals surface area contributed by atoms with Crippen LogP contribution >= 0.6 is 12.4 Å². The van der Waals surface area contributed by atoms with Crippen LogP contribution in [0.1, 0.15) is 48.9 Å². The van der Waals surface area contributed by atoms with Crippen molar-refractivity contribution in [1.29, 1.82) is 0 Å². The quantitative estimate of drug-likeness (QED) is 0.783. The molecule has 5 nitrogen and oxygen atoms in total. The zero-order chi connectivity index (χ0) is 13.3. The maximum Gasteiger partial charge on any atom is 0.272 e. The van der Waals surface area contributed by atoms with Gasteiger partial charge in [-0.15, -0.1) is 12.4 Å². The topological polar surface area (TPSA) is 83.8 Å². The van der Waals surface area contributed by atoms with Gasteiger partial charge in [0.15, 0.2) is 5.69 Å². The lowest BCUT2D eigenvalue weighted by Gasteiger charge is -2.33. The summed E-state index contributed by atoms with van der Waals surface area (Å²) in [7, 11) is 0. The number of nitrogens with one attached hydrogen (secondary N) is 2. The molecule has 0 aliphatic heterocycles. The molecule has 4 N–H and O–H groups in total. The van der Waals surface area contributed by atoms with E-state index >= 15 is 0 Å². The van der Waals surface area contributed by atoms with E-state index in [4.69, 9.17) is 5.73 Å². The van der Waals surface area contributed by atoms with E-state index in [0.717, 1.165) is 30.5 Å². The van der Waals surface area contributed by atoms with Gasteiger partial charge in [0.25, 0.3) is 5.91 Å². The van der Waals surface area contributed by atoms with Gasteiger partial charge < -0.3 is 11.1 Å². The van der Waals surface area contributed by atoms with Gasteiger partial charge >= 0.3 is 0 Å². The molecule has 1 amide bonds. The summed E-state index contributed by atoms with van der Waals surface area (Å²) in [6.07, 6.45) is 3.03. The minimum absolute atomic E-state index is 0. The zero-order valence-electron chi connectivity index (χ0n) is 11.7. The molecule has 0 saturated heterocycles. The molecule has 1 aliphatic rings. The van der Waals surface area contributed by atoms with Crippen LogP contribution in [0.3, 0.4) is 0 Å². The van der Waals surface area contributed by atoms with E-state index in [0.29, 0.717) is 12.2 Å². The molecule has 0 saturated carbocycles. The molecule has 0 spiro atoms. The number of aromatic nitrogens is 2. The number of nitrogens with two attached hydrogens (primary N) is 1. The summed E-state index contributed by atoms with van der Waals surface area (Å²) in [6.45, 7) is 6.51. The second-order valence-electron chi connectivity index (χ2n) is 5.61. The van der Waals surface area contributed by atoms with Gasteiger partial charge in [0.1, 0.15) is 0 Å². The zero-order valence-corrected chi connectivity index (χ0v) is 12.6. The highest BCUT2D eigenvalue weighted by atomic mass is 35.5. The van der Waals surface area contributed by atoms with Crippen LogP contribution in [0.5, 0.6) is 0 Å². The van der Waals surface area contributed by atoms with Crippen LogP contribution in [0.4, 0.5) is 0 Å². The fourth-order valence-corrected chi connectivity index (χ4v) is 2.26. The Morgan fingerprint density at radius 1 is 1.53 bits per heavy atom. The standard InChI is InChI=1S/C13H22N4O.ClH/c1-8(2)13(3,7-14)15-12(18)11-9-5-4-6-10(9)16-17-11;/h8H,4-7,14H2,1-3H3,(H,15,18)(H,16,17);1H. The largest absolute Gasteiger partial charge is 0.344 e. The van der Waals surface area contributed by atoms with Crippen molar-refractivity contribution >= 4 is 18.3 Å². The molecule has 1 aliphatic carbocycles. The Hall–Kier alpha value is -1.07. The third-order valence-corrected chi connectivity index (χ3v) is 4.12. The second kappa shape index (κ2) is 5.92. The Bertz CT molecular complexity index is 457. The van der Waals surface area contributed by atoms with Crippen LogP contribution in [-0.4, -0.2) is 28.2 Å². The lowest BCUT2D eigenvalue weighted by Crippen LogP contribution is -2.55. The van der Waals surface area contributed by atoms with Crippen molar-refractivity contribution in [2.24, 2.45) is 11.7 Å². The van der Waals surface area contributed by atoms with E-state index in [1.807, 2.05) is 6.92 Å². The first kappa shape index (κ1) is 16.0. The van der Waals surface area contributed by atoms with Gasteiger partial charge in [-0.05, 0) is 32.1 Å². The summed E-state index contributed by atoms with van der Waals surface area (Å²) < 4.78 is 0. The number of aryl methyl sites for hydroxylation is 1. The van der Waals surface area contributed by atoms with Gasteiger partial charge in [-0.3, -0.25) is 9.89 Å². The Morgan fingerprint density at radius 3 is 2.79 bits per heavy atom. The molecule has 1 aromatic rings. The van der Waals surface area contributed by atoms with Gasteiger partial charge in [-0.1, -0.05) is 13.8 Å². The average Bonchev–Trinajstić information content (AvgIpc) is 2.89. The molecule has 2 rings (SSSR count). The maximum atomic E-state index is 12.3. The van der Waals surface area contributed by atoms with Crippen LogP contribution in [0, 0.1) is 5.92 Å². The van der Waals surface area contributed by atoms with E-state index in [9.17, 15) is 4.79 Å². The molecular weight excluding hydrogens is 264 g/mol.